The molecule has 2 aliphatic heterocycles. The lowest BCUT2D eigenvalue weighted by Gasteiger charge is -2.42. The second kappa shape index (κ2) is 10.4. The van der Waals surface area contributed by atoms with Crippen LogP contribution in [0.3, 0.4) is 0 Å². The molecule has 0 spiro atoms. The fourth-order valence-electron chi connectivity index (χ4n) is 5.17. The van der Waals surface area contributed by atoms with E-state index in [1.165, 1.54) is 6.07 Å². The Hall–Kier alpha value is -2.17. The van der Waals surface area contributed by atoms with Crippen LogP contribution < -0.4 is 10.6 Å². The summed E-state index contributed by atoms with van der Waals surface area (Å²) in [6.45, 7) is 9.64. The highest BCUT2D eigenvalue weighted by atomic mass is 32.2. The Morgan fingerprint density at radius 2 is 1.94 bits per heavy atom. The summed E-state index contributed by atoms with van der Waals surface area (Å²) in [7, 11) is -3.23. The Morgan fingerprint density at radius 1 is 1.26 bits per heavy atom. The normalized spacial score (nSPS) is 25.9. The van der Waals surface area contributed by atoms with E-state index in [0.29, 0.717) is 30.5 Å². The average Bonchev–Trinajstić information content (AvgIpc) is 3.05. The van der Waals surface area contributed by atoms with Gasteiger partial charge in [-0.25, -0.2) is 8.42 Å². The third-order valence-electron chi connectivity index (χ3n) is 7.12. The minimum absolute atomic E-state index is 0.0216. The molecule has 2 aliphatic rings. The quantitative estimate of drug-likeness (QED) is 0.436. The molecule has 4 N–H and O–H groups in total. The van der Waals surface area contributed by atoms with Crippen LogP contribution >= 0.6 is 0 Å². The van der Waals surface area contributed by atoms with E-state index in [-0.39, 0.29) is 36.3 Å². The highest BCUT2D eigenvalue weighted by molar-refractivity contribution is 7.92. The number of carbonyl (C=O) groups excluding carboxylic acids is 2. The summed E-state index contributed by atoms with van der Waals surface area (Å²) in [6.07, 6.45) is 0.240. The first-order chi connectivity index (χ1) is 16.2. The number of aliphatic hydroxyl groups is 1. The summed E-state index contributed by atoms with van der Waals surface area (Å²) in [4.78, 5) is 27.9. The minimum Gasteiger partial charge on any atom is -0.508 e. The highest BCUT2D eigenvalue weighted by Gasteiger charge is 2.49. The molecule has 2 heterocycles. The molecule has 2 amide bonds. The third kappa shape index (κ3) is 6.34. The smallest absolute Gasteiger partial charge is 0.251 e. The zero-order chi connectivity index (χ0) is 26.1. The molecule has 1 aromatic rings. The molecule has 35 heavy (non-hydrogen) atoms. The third-order valence-corrected chi connectivity index (χ3v) is 9.42. The zero-order valence-corrected chi connectivity index (χ0v) is 22.1. The maximum absolute atomic E-state index is 13.2. The number of nitrogens with zero attached hydrogens (tertiary/aromatic N) is 1. The van der Waals surface area contributed by atoms with Gasteiger partial charge < -0.3 is 20.8 Å². The monoisotopic (exact) mass is 509 g/mol. The van der Waals surface area contributed by atoms with Crippen molar-refractivity contribution in [3.8, 4) is 5.75 Å². The van der Waals surface area contributed by atoms with Gasteiger partial charge in [0, 0.05) is 29.8 Å². The van der Waals surface area contributed by atoms with Crippen molar-refractivity contribution in [1.82, 2.24) is 15.5 Å². The van der Waals surface area contributed by atoms with E-state index in [9.17, 15) is 28.2 Å². The van der Waals surface area contributed by atoms with E-state index < -0.39 is 44.7 Å². The average molecular weight is 510 g/mol. The number of aliphatic hydroxyl groups excluding tert-OH is 1. The summed E-state index contributed by atoms with van der Waals surface area (Å²) in [5.74, 6) is -0.572. The zero-order valence-electron chi connectivity index (χ0n) is 21.2. The lowest BCUT2D eigenvalue weighted by Crippen LogP contribution is -2.60. The molecule has 2 fully saturated rings. The summed E-state index contributed by atoms with van der Waals surface area (Å²) in [6, 6.07) is 3.45. The van der Waals surface area contributed by atoms with Gasteiger partial charge in [0.25, 0.3) is 5.91 Å². The summed E-state index contributed by atoms with van der Waals surface area (Å²) < 4.78 is 25.2. The summed E-state index contributed by atoms with van der Waals surface area (Å²) in [5, 5.41) is 26.3. The molecule has 0 aromatic heterocycles. The molecule has 0 unspecified atom stereocenters. The standard InChI is InChI=1S/C25H39N3O6S/c1-6-18(26-23(31)17-8-7-9-20(29)15(17)2)21(30)14-28-13-16-10-11-35(33,34)22(16)12-19(28)24(32)27-25(3,4)5/h7-9,16,18-19,21-22,29-30H,6,10-14H2,1-5H3,(H,26,31)(H,27,32)/t16-,18+,19+,21-,22+/m1/s1. The fraction of sp³-hybridized carbons (Fsp3) is 0.680. The lowest BCUT2D eigenvalue weighted by atomic mass is 9.89. The van der Waals surface area contributed by atoms with Crippen LogP contribution in [0.2, 0.25) is 0 Å². The number of fused-ring (bicyclic) bond motifs is 1. The second-order valence-corrected chi connectivity index (χ2v) is 13.2. The van der Waals surface area contributed by atoms with Crippen LogP contribution in [0.4, 0.5) is 0 Å². The van der Waals surface area contributed by atoms with Crippen molar-refractivity contribution in [3.63, 3.8) is 0 Å². The number of nitrogens with one attached hydrogen (secondary N) is 2. The van der Waals surface area contributed by atoms with Crippen LogP contribution in [-0.4, -0.2) is 83.2 Å². The van der Waals surface area contributed by atoms with Gasteiger partial charge in [-0.2, -0.15) is 0 Å². The molecule has 0 bridgehead atoms. The number of phenols is 1. The predicted octanol–water partition coefficient (Wildman–Crippen LogP) is 1.36. The van der Waals surface area contributed by atoms with Crippen molar-refractivity contribution in [1.29, 1.82) is 0 Å². The molecule has 10 heteroatoms. The fourth-order valence-corrected chi connectivity index (χ4v) is 7.39. The number of β-amino-alcohol motifs (C(OH)–C–C–N with tert-alkyl or cyclic N) is 1. The molecule has 5 atom stereocenters. The van der Waals surface area contributed by atoms with Crippen LogP contribution in [0.25, 0.3) is 0 Å². The Kier molecular flexibility index (Phi) is 8.18. The number of piperidine rings is 1. The van der Waals surface area contributed by atoms with Crippen molar-refractivity contribution in [3.05, 3.63) is 29.3 Å². The van der Waals surface area contributed by atoms with E-state index >= 15 is 0 Å². The van der Waals surface area contributed by atoms with Crippen LogP contribution in [-0.2, 0) is 14.6 Å². The molecule has 1 aromatic carbocycles. The predicted molar refractivity (Wildman–Crippen MR) is 134 cm³/mol. The first-order valence-corrected chi connectivity index (χ1v) is 14.0. The molecule has 9 nitrogen and oxygen atoms in total. The molecule has 0 saturated carbocycles. The highest BCUT2D eigenvalue weighted by Crippen LogP contribution is 2.36. The number of sulfone groups is 1. The molecular formula is C25H39N3O6S. The minimum atomic E-state index is -3.23. The summed E-state index contributed by atoms with van der Waals surface area (Å²) >= 11 is 0. The number of hydrogen-bond acceptors (Lipinski definition) is 7. The van der Waals surface area contributed by atoms with Crippen LogP contribution in [0, 0.1) is 12.8 Å². The first kappa shape index (κ1) is 27.4. The van der Waals surface area contributed by atoms with Gasteiger partial charge in [-0.15, -0.1) is 0 Å². The van der Waals surface area contributed by atoms with Crippen molar-refractivity contribution >= 4 is 21.7 Å². The SMILES string of the molecule is CC[C@H](NC(=O)c1cccc(O)c1C)[C@H](O)CN1C[C@H]2CCS(=O)(=O)[C@H]2C[C@H]1C(=O)NC(C)(C)C. The van der Waals surface area contributed by atoms with Crippen LogP contribution in [0.1, 0.15) is 62.9 Å². The molecule has 2 saturated heterocycles. The van der Waals surface area contributed by atoms with Gasteiger partial charge in [-0.3, -0.25) is 14.5 Å². The molecule has 3 rings (SSSR count). The number of aromatic hydroxyl groups is 1. The topological polar surface area (TPSA) is 136 Å². The summed E-state index contributed by atoms with van der Waals surface area (Å²) in [5.41, 5.74) is 0.305. The second-order valence-electron chi connectivity index (χ2n) is 10.9. The van der Waals surface area contributed by atoms with E-state index in [2.05, 4.69) is 10.6 Å². The van der Waals surface area contributed by atoms with Crippen LogP contribution in [0.5, 0.6) is 5.75 Å². The molecular weight excluding hydrogens is 470 g/mol. The van der Waals surface area contributed by atoms with Crippen LogP contribution in [0.15, 0.2) is 18.2 Å². The van der Waals surface area contributed by atoms with Gasteiger partial charge in [-0.05, 0) is 65.0 Å². The van der Waals surface area contributed by atoms with Gasteiger partial charge in [-0.1, -0.05) is 13.0 Å². The van der Waals surface area contributed by atoms with E-state index in [0.717, 1.165) is 0 Å². The van der Waals surface area contributed by atoms with Crippen molar-refractivity contribution in [2.75, 3.05) is 18.8 Å². The van der Waals surface area contributed by atoms with Gasteiger partial charge in [0.15, 0.2) is 9.84 Å². The maximum atomic E-state index is 13.2. The number of amides is 2. The number of hydrogen-bond donors (Lipinski definition) is 4. The number of rotatable bonds is 7. The number of benzene rings is 1. The van der Waals surface area contributed by atoms with Gasteiger partial charge >= 0.3 is 0 Å². The van der Waals surface area contributed by atoms with E-state index in [1.807, 2.05) is 32.6 Å². The van der Waals surface area contributed by atoms with Crippen molar-refractivity contribution < 1.29 is 28.2 Å². The number of phenolic OH excluding ortho intramolecular Hbond substituents is 1. The van der Waals surface area contributed by atoms with Gasteiger partial charge in [0.05, 0.1) is 29.2 Å². The number of carbonyl (C=O) groups is 2. The van der Waals surface area contributed by atoms with Crippen molar-refractivity contribution in [2.45, 2.75) is 82.9 Å². The molecule has 196 valence electrons. The first-order valence-electron chi connectivity index (χ1n) is 12.3. The Labute approximate surface area is 208 Å². The Balaban J connectivity index is 1.76. The molecule has 0 aliphatic carbocycles. The lowest BCUT2D eigenvalue weighted by molar-refractivity contribution is -0.130. The Bertz CT molecular complexity index is 1050. The molecule has 0 radical (unpaired) electrons. The maximum Gasteiger partial charge on any atom is 0.251 e. The van der Waals surface area contributed by atoms with Crippen molar-refractivity contribution in [2.24, 2.45) is 5.92 Å². The van der Waals surface area contributed by atoms with Gasteiger partial charge in [0.1, 0.15) is 5.75 Å². The number of likely N-dealkylation sites (tertiary alicyclic amines) is 1. The van der Waals surface area contributed by atoms with E-state index in [4.69, 9.17) is 0 Å². The Morgan fingerprint density at radius 3 is 2.57 bits per heavy atom. The largest absolute Gasteiger partial charge is 0.508 e. The van der Waals surface area contributed by atoms with Gasteiger partial charge in [0.2, 0.25) is 5.91 Å². The van der Waals surface area contributed by atoms with E-state index in [1.54, 1.807) is 19.1 Å².